The number of β-amino-alcohol motifs (C(OH)–C–C–N with tert-alkyl or cyclic N) is 1. The van der Waals surface area contributed by atoms with Gasteiger partial charge in [-0.05, 0) is 50.1 Å². The third kappa shape index (κ3) is 3.82. The number of para-hydroxylation sites is 2. The smallest absolute Gasteiger partial charge is 0.326 e. The molecule has 3 heterocycles. The highest BCUT2D eigenvalue weighted by Gasteiger charge is 2.41. The summed E-state index contributed by atoms with van der Waals surface area (Å²) in [5.74, 6) is 1.37. The molecule has 5 rings (SSSR count). The molecule has 0 spiro atoms. The van der Waals surface area contributed by atoms with Gasteiger partial charge in [0, 0.05) is 30.7 Å². The van der Waals surface area contributed by atoms with Gasteiger partial charge < -0.3 is 24.5 Å². The molecule has 7 nitrogen and oxygen atoms in total. The van der Waals surface area contributed by atoms with Crippen molar-refractivity contribution in [2.24, 2.45) is 0 Å². The Bertz CT molecular complexity index is 1150. The van der Waals surface area contributed by atoms with Gasteiger partial charge in [-0.1, -0.05) is 23.7 Å². The first-order valence-corrected chi connectivity index (χ1v) is 11.0. The van der Waals surface area contributed by atoms with Crippen LogP contribution in [0, 0.1) is 0 Å². The summed E-state index contributed by atoms with van der Waals surface area (Å²) in [5, 5.41) is 11.6. The second-order valence-electron chi connectivity index (χ2n) is 8.66. The summed E-state index contributed by atoms with van der Waals surface area (Å²) in [6, 6.07) is 13.1. The number of imidazole rings is 1. The van der Waals surface area contributed by atoms with E-state index in [1.807, 2.05) is 47.9 Å². The maximum absolute atomic E-state index is 12.5. The maximum Gasteiger partial charge on any atom is 0.326 e. The maximum atomic E-state index is 12.5. The van der Waals surface area contributed by atoms with Gasteiger partial charge in [-0.2, -0.15) is 0 Å². The SMILES string of the molecule is CC1(C(O)CN2CCC(n3c(=O)[nH]c4cc(Cl)ccc43)CC2)COc2ccccc2O1. The van der Waals surface area contributed by atoms with Crippen molar-refractivity contribution >= 4 is 22.6 Å². The molecule has 0 amide bonds. The van der Waals surface area contributed by atoms with Crippen LogP contribution in [0.15, 0.2) is 47.3 Å². The topological polar surface area (TPSA) is 79.7 Å². The minimum atomic E-state index is -0.807. The van der Waals surface area contributed by atoms with Crippen LogP contribution in [-0.4, -0.2) is 57.5 Å². The second-order valence-corrected chi connectivity index (χ2v) is 9.10. The van der Waals surface area contributed by atoms with Crippen LogP contribution in [0.25, 0.3) is 11.0 Å². The number of halogens is 1. The van der Waals surface area contributed by atoms with Crippen LogP contribution < -0.4 is 15.2 Å². The molecule has 1 aromatic heterocycles. The van der Waals surface area contributed by atoms with E-state index < -0.39 is 11.7 Å². The Hall–Kier alpha value is -2.48. The van der Waals surface area contributed by atoms with Gasteiger partial charge in [0.25, 0.3) is 0 Å². The number of aromatic amines is 1. The number of aliphatic hydroxyl groups excluding tert-OH is 1. The van der Waals surface area contributed by atoms with Crippen LogP contribution in [-0.2, 0) is 0 Å². The Kier molecular flexibility index (Phi) is 5.20. The molecule has 2 aliphatic rings. The third-order valence-corrected chi connectivity index (χ3v) is 6.68. The van der Waals surface area contributed by atoms with Crippen molar-refractivity contribution in [2.45, 2.75) is 37.5 Å². The lowest BCUT2D eigenvalue weighted by atomic mass is 9.96. The highest BCUT2D eigenvalue weighted by Crippen LogP contribution is 2.36. The molecule has 2 aliphatic heterocycles. The molecular formula is C23H26ClN3O4. The Balaban J connectivity index is 1.24. The second kappa shape index (κ2) is 7.89. The third-order valence-electron chi connectivity index (χ3n) is 6.44. The number of benzene rings is 2. The fraction of sp³-hybridized carbons (Fsp3) is 0.435. The first-order chi connectivity index (χ1) is 14.9. The first kappa shape index (κ1) is 20.4. The average molecular weight is 444 g/mol. The number of rotatable bonds is 4. The molecular weight excluding hydrogens is 418 g/mol. The Morgan fingerprint density at radius 3 is 2.74 bits per heavy atom. The zero-order valence-corrected chi connectivity index (χ0v) is 18.1. The van der Waals surface area contributed by atoms with E-state index in [1.54, 1.807) is 6.07 Å². The molecule has 31 heavy (non-hydrogen) atoms. The van der Waals surface area contributed by atoms with Gasteiger partial charge in [0.2, 0.25) is 0 Å². The van der Waals surface area contributed by atoms with Crippen LogP contribution in [0.3, 0.4) is 0 Å². The van der Waals surface area contributed by atoms with E-state index in [-0.39, 0.29) is 11.7 Å². The summed E-state index contributed by atoms with van der Waals surface area (Å²) >= 11 is 6.06. The standard InChI is InChI=1S/C23H26ClN3O4/c1-23(14-30-19-4-2-3-5-20(19)31-23)21(28)13-26-10-8-16(9-11-26)27-18-7-6-15(24)12-17(18)25-22(27)29/h2-7,12,16,21,28H,8-11,13-14H2,1H3,(H,25,29). The van der Waals surface area contributed by atoms with E-state index in [0.29, 0.717) is 29.7 Å². The summed E-state index contributed by atoms with van der Waals surface area (Å²) in [7, 11) is 0. The molecule has 1 saturated heterocycles. The number of fused-ring (bicyclic) bond motifs is 2. The largest absolute Gasteiger partial charge is 0.485 e. The van der Waals surface area contributed by atoms with E-state index in [1.165, 1.54) is 0 Å². The van der Waals surface area contributed by atoms with Crippen molar-refractivity contribution in [3.63, 3.8) is 0 Å². The summed E-state index contributed by atoms with van der Waals surface area (Å²) < 4.78 is 13.8. The number of nitrogens with zero attached hydrogens (tertiary/aromatic N) is 2. The number of piperidine rings is 1. The van der Waals surface area contributed by atoms with Crippen LogP contribution in [0.1, 0.15) is 25.8 Å². The summed E-state index contributed by atoms with van der Waals surface area (Å²) in [6.45, 7) is 4.27. The van der Waals surface area contributed by atoms with Crippen LogP contribution in [0.5, 0.6) is 11.5 Å². The number of H-pyrrole nitrogens is 1. The van der Waals surface area contributed by atoms with Gasteiger partial charge in [0.05, 0.1) is 11.0 Å². The van der Waals surface area contributed by atoms with E-state index in [9.17, 15) is 9.90 Å². The number of nitrogens with one attached hydrogen (secondary N) is 1. The lowest BCUT2D eigenvalue weighted by molar-refractivity contribution is -0.0952. The van der Waals surface area contributed by atoms with Crippen molar-refractivity contribution in [1.29, 1.82) is 0 Å². The zero-order valence-electron chi connectivity index (χ0n) is 17.4. The summed E-state index contributed by atoms with van der Waals surface area (Å²) in [4.78, 5) is 17.7. The average Bonchev–Trinajstić information content (AvgIpc) is 3.09. The van der Waals surface area contributed by atoms with Crippen molar-refractivity contribution in [3.05, 3.63) is 58.0 Å². The highest BCUT2D eigenvalue weighted by atomic mass is 35.5. The lowest BCUT2D eigenvalue weighted by Crippen LogP contribution is -2.56. The fourth-order valence-electron chi connectivity index (χ4n) is 4.58. The Morgan fingerprint density at radius 1 is 1.23 bits per heavy atom. The van der Waals surface area contributed by atoms with E-state index in [2.05, 4.69) is 9.88 Å². The van der Waals surface area contributed by atoms with Gasteiger partial charge in [-0.3, -0.25) is 4.57 Å². The first-order valence-electron chi connectivity index (χ1n) is 10.6. The monoisotopic (exact) mass is 443 g/mol. The number of ether oxygens (including phenoxy) is 2. The minimum absolute atomic E-state index is 0.102. The van der Waals surface area contributed by atoms with Crippen molar-refractivity contribution in [3.8, 4) is 11.5 Å². The number of aromatic nitrogens is 2. The predicted molar refractivity (Wildman–Crippen MR) is 119 cm³/mol. The molecule has 2 unspecified atom stereocenters. The molecule has 0 bridgehead atoms. The summed E-state index contributed by atoms with van der Waals surface area (Å²) in [5.41, 5.74) is 0.734. The van der Waals surface area contributed by atoms with Gasteiger partial charge in [-0.25, -0.2) is 4.79 Å². The summed E-state index contributed by atoms with van der Waals surface area (Å²) in [6.07, 6.45) is 0.966. The Labute approximate surface area is 185 Å². The van der Waals surface area contributed by atoms with Crippen molar-refractivity contribution in [1.82, 2.24) is 14.5 Å². The number of likely N-dealkylation sites (tertiary alicyclic amines) is 1. The Morgan fingerprint density at radius 2 is 1.97 bits per heavy atom. The molecule has 1 fully saturated rings. The molecule has 3 aromatic rings. The molecule has 2 atom stereocenters. The fourth-order valence-corrected chi connectivity index (χ4v) is 4.76. The molecule has 0 saturated carbocycles. The number of hydrogen-bond donors (Lipinski definition) is 2. The van der Waals surface area contributed by atoms with E-state index in [0.717, 1.165) is 37.0 Å². The lowest BCUT2D eigenvalue weighted by Gasteiger charge is -2.41. The van der Waals surface area contributed by atoms with Crippen molar-refractivity contribution < 1.29 is 14.6 Å². The molecule has 164 valence electrons. The van der Waals surface area contributed by atoms with Gasteiger partial charge in [-0.15, -0.1) is 0 Å². The molecule has 0 radical (unpaired) electrons. The normalized spacial score (nSPS) is 23.2. The minimum Gasteiger partial charge on any atom is -0.485 e. The van der Waals surface area contributed by atoms with Crippen LogP contribution in [0.4, 0.5) is 0 Å². The van der Waals surface area contributed by atoms with E-state index in [4.69, 9.17) is 21.1 Å². The molecule has 8 heteroatoms. The van der Waals surface area contributed by atoms with Crippen LogP contribution >= 0.6 is 11.6 Å². The van der Waals surface area contributed by atoms with Gasteiger partial charge in [0.1, 0.15) is 12.7 Å². The quantitative estimate of drug-likeness (QED) is 0.647. The van der Waals surface area contributed by atoms with Gasteiger partial charge in [0.15, 0.2) is 17.1 Å². The van der Waals surface area contributed by atoms with E-state index >= 15 is 0 Å². The van der Waals surface area contributed by atoms with Gasteiger partial charge >= 0.3 is 5.69 Å². The van der Waals surface area contributed by atoms with Crippen LogP contribution in [0.2, 0.25) is 5.02 Å². The number of hydrogen-bond acceptors (Lipinski definition) is 5. The zero-order chi connectivity index (χ0) is 21.6. The predicted octanol–water partition coefficient (Wildman–Crippen LogP) is 3.21. The number of aliphatic hydroxyl groups is 1. The molecule has 0 aliphatic carbocycles. The van der Waals surface area contributed by atoms with Crippen molar-refractivity contribution in [2.75, 3.05) is 26.2 Å². The molecule has 2 aromatic carbocycles. The molecule has 2 N–H and O–H groups in total. The highest BCUT2D eigenvalue weighted by molar-refractivity contribution is 6.31.